The minimum atomic E-state index is -0.141. The second-order valence-corrected chi connectivity index (χ2v) is 12.5. The van der Waals surface area contributed by atoms with Crippen LogP contribution in [0.4, 0.5) is 0 Å². The highest BCUT2D eigenvalue weighted by molar-refractivity contribution is 8.77. The first-order valence-electron chi connectivity index (χ1n) is 13.8. The van der Waals surface area contributed by atoms with Gasteiger partial charge in [-0.2, -0.15) is 0 Å². The molecule has 0 saturated carbocycles. The molecule has 0 aromatic heterocycles. The first kappa shape index (κ1) is 30.4. The summed E-state index contributed by atoms with van der Waals surface area (Å²) in [5.74, 6) is 1.79. The molecule has 1 fully saturated rings. The number of aldehydes is 2. The fourth-order valence-electron chi connectivity index (χ4n) is 4.20. The lowest BCUT2D eigenvalue weighted by molar-refractivity contribution is -0.144. The fraction of sp³-hybridized carbons (Fsp3) is 0.265. The number of hydrogen-bond donors (Lipinski definition) is 0. The molecule has 1 heterocycles. The maximum Gasteiger partial charge on any atom is 0.305 e. The third-order valence-corrected chi connectivity index (χ3v) is 9.56. The Morgan fingerprint density at radius 1 is 0.756 bits per heavy atom. The lowest BCUT2D eigenvalue weighted by Crippen LogP contribution is -2.10. The average Bonchev–Trinajstić information content (AvgIpc) is 3.53. The molecule has 1 saturated heterocycles. The summed E-state index contributed by atoms with van der Waals surface area (Å²) >= 11 is 0. The molecular formula is C34H34O5S2. The van der Waals surface area contributed by atoms with Gasteiger partial charge >= 0.3 is 5.97 Å². The molecule has 0 amide bonds. The van der Waals surface area contributed by atoms with E-state index < -0.39 is 0 Å². The van der Waals surface area contributed by atoms with Crippen LogP contribution in [0.3, 0.4) is 0 Å². The maximum absolute atomic E-state index is 12.1. The summed E-state index contributed by atoms with van der Waals surface area (Å²) in [5, 5.41) is 0.675. The predicted octanol–water partition coefficient (Wildman–Crippen LogP) is 8.29. The Morgan fingerprint density at radius 3 is 2.00 bits per heavy atom. The van der Waals surface area contributed by atoms with Crippen molar-refractivity contribution >= 4 is 64.4 Å². The van der Waals surface area contributed by atoms with Crippen molar-refractivity contribution in [3.05, 3.63) is 100 Å². The van der Waals surface area contributed by atoms with Crippen LogP contribution >= 0.6 is 21.6 Å². The largest absolute Gasteiger partial charge is 0.493 e. The van der Waals surface area contributed by atoms with Crippen molar-refractivity contribution in [3.8, 4) is 5.75 Å². The van der Waals surface area contributed by atoms with Gasteiger partial charge in [-0.15, -0.1) is 0 Å². The molecule has 0 bridgehead atoms. The van der Waals surface area contributed by atoms with E-state index in [0.717, 1.165) is 53.4 Å². The molecular weight excluding hydrogens is 553 g/mol. The van der Waals surface area contributed by atoms with E-state index in [-0.39, 0.29) is 5.97 Å². The quantitative estimate of drug-likeness (QED) is 0.0583. The van der Waals surface area contributed by atoms with Gasteiger partial charge in [0, 0.05) is 40.5 Å². The van der Waals surface area contributed by atoms with Crippen molar-refractivity contribution in [2.24, 2.45) is 0 Å². The summed E-state index contributed by atoms with van der Waals surface area (Å²) in [4.78, 5) is 34.0. The van der Waals surface area contributed by atoms with E-state index in [2.05, 4.69) is 0 Å². The first-order chi connectivity index (χ1) is 20.1. The summed E-state index contributed by atoms with van der Waals surface area (Å²) in [7, 11) is 3.86. The molecule has 1 atom stereocenters. The highest BCUT2D eigenvalue weighted by atomic mass is 33.1. The van der Waals surface area contributed by atoms with E-state index in [1.54, 1.807) is 24.3 Å². The molecule has 5 nitrogen and oxygen atoms in total. The van der Waals surface area contributed by atoms with Crippen molar-refractivity contribution in [1.29, 1.82) is 0 Å². The van der Waals surface area contributed by atoms with Crippen LogP contribution in [0.5, 0.6) is 5.75 Å². The normalized spacial score (nSPS) is 14.9. The van der Waals surface area contributed by atoms with Gasteiger partial charge in [-0.3, -0.25) is 14.4 Å². The Morgan fingerprint density at radius 2 is 1.37 bits per heavy atom. The lowest BCUT2D eigenvalue weighted by atomic mass is 10.1. The van der Waals surface area contributed by atoms with Crippen LogP contribution in [0.2, 0.25) is 0 Å². The maximum atomic E-state index is 12.1. The third kappa shape index (κ3) is 10.4. The van der Waals surface area contributed by atoms with Crippen LogP contribution in [0, 0.1) is 0 Å². The van der Waals surface area contributed by atoms with Crippen LogP contribution in [-0.4, -0.2) is 42.8 Å². The zero-order valence-electron chi connectivity index (χ0n) is 22.9. The van der Waals surface area contributed by atoms with Crippen LogP contribution in [-0.2, 0) is 9.53 Å². The third-order valence-electron chi connectivity index (χ3n) is 6.55. The summed E-state index contributed by atoms with van der Waals surface area (Å²) in [6, 6.07) is 20.7. The zero-order chi connectivity index (χ0) is 28.7. The van der Waals surface area contributed by atoms with Crippen molar-refractivity contribution in [2.75, 3.05) is 19.0 Å². The van der Waals surface area contributed by atoms with Gasteiger partial charge in [0.25, 0.3) is 0 Å². The molecule has 0 N–H and O–H groups in total. The van der Waals surface area contributed by atoms with E-state index in [1.165, 1.54) is 12.2 Å². The Bertz CT molecular complexity index is 1340. The van der Waals surface area contributed by atoms with Gasteiger partial charge in [0.05, 0.1) is 13.2 Å². The Labute approximate surface area is 249 Å². The van der Waals surface area contributed by atoms with Crippen molar-refractivity contribution in [1.82, 2.24) is 0 Å². The van der Waals surface area contributed by atoms with Gasteiger partial charge in [0.2, 0.25) is 0 Å². The Balaban J connectivity index is 1.34. The Kier molecular flexibility index (Phi) is 12.3. The van der Waals surface area contributed by atoms with Gasteiger partial charge in [-0.05, 0) is 42.0 Å². The van der Waals surface area contributed by atoms with Crippen molar-refractivity contribution < 1.29 is 23.9 Å². The smallest absolute Gasteiger partial charge is 0.305 e. The van der Waals surface area contributed by atoms with E-state index in [1.807, 2.05) is 88.4 Å². The van der Waals surface area contributed by atoms with Crippen LogP contribution in [0.1, 0.15) is 75.1 Å². The summed E-state index contributed by atoms with van der Waals surface area (Å²) in [6.45, 7) is 0.746. The molecule has 1 unspecified atom stereocenters. The summed E-state index contributed by atoms with van der Waals surface area (Å²) in [5.41, 5.74) is 5.12. The SMILES string of the molecule is O=Cc1ccc(C=Cc2ccc(C=Cc3ccc(C=O)cc3)c(OCCCOC(=O)CCCC3CCSS3)c2)cc1. The molecule has 3 aromatic carbocycles. The standard InChI is InChI=1S/C34H34O5S2/c35-24-29-11-6-26(7-12-29)5-10-28-16-18-31(17-15-27-8-13-30(25-36)14-9-27)33(23-28)38-20-2-21-39-34(37)4-1-3-32-19-22-40-41-32/h5-18,23-25,32H,1-4,19-22H2. The number of hydrogen-bond acceptors (Lipinski definition) is 7. The minimum absolute atomic E-state index is 0.141. The van der Waals surface area contributed by atoms with E-state index >= 15 is 0 Å². The van der Waals surface area contributed by atoms with Gasteiger partial charge < -0.3 is 9.47 Å². The van der Waals surface area contributed by atoms with Gasteiger partial charge in [-0.1, -0.05) is 107 Å². The number of benzene rings is 3. The van der Waals surface area contributed by atoms with Crippen molar-refractivity contribution in [3.63, 3.8) is 0 Å². The van der Waals surface area contributed by atoms with E-state index in [0.29, 0.717) is 42.4 Å². The molecule has 212 valence electrons. The van der Waals surface area contributed by atoms with Gasteiger partial charge in [0.15, 0.2) is 0 Å². The molecule has 0 spiro atoms. The number of carbonyl (C=O) groups excluding carboxylic acids is 3. The monoisotopic (exact) mass is 586 g/mol. The molecule has 1 aliphatic heterocycles. The predicted molar refractivity (Wildman–Crippen MR) is 171 cm³/mol. The summed E-state index contributed by atoms with van der Waals surface area (Å²) in [6.07, 6.45) is 13.9. The fourth-order valence-corrected chi connectivity index (χ4v) is 7.23. The second-order valence-electron chi connectivity index (χ2n) is 9.68. The molecule has 0 radical (unpaired) electrons. The van der Waals surface area contributed by atoms with Crippen molar-refractivity contribution in [2.45, 2.75) is 37.4 Å². The second kappa shape index (κ2) is 16.7. The highest BCUT2D eigenvalue weighted by Gasteiger charge is 2.16. The molecule has 41 heavy (non-hydrogen) atoms. The summed E-state index contributed by atoms with van der Waals surface area (Å²) < 4.78 is 11.6. The number of ether oxygens (including phenoxy) is 2. The average molecular weight is 587 g/mol. The molecule has 4 rings (SSSR count). The Hall–Kier alpha value is -3.55. The lowest BCUT2D eigenvalue weighted by Gasteiger charge is -2.11. The highest BCUT2D eigenvalue weighted by Crippen LogP contribution is 2.39. The number of rotatable bonds is 15. The van der Waals surface area contributed by atoms with Gasteiger partial charge in [0.1, 0.15) is 18.3 Å². The molecule has 3 aromatic rings. The number of carbonyl (C=O) groups is 3. The topological polar surface area (TPSA) is 69.7 Å². The minimum Gasteiger partial charge on any atom is -0.493 e. The zero-order valence-corrected chi connectivity index (χ0v) is 24.5. The molecule has 7 heteroatoms. The molecule has 0 aliphatic carbocycles. The number of esters is 1. The van der Waals surface area contributed by atoms with Crippen LogP contribution in [0.15, 0.2) is 66.7 Å². The van der Waals surface area contributed by atoms with Crippen LogP contribution in [0.25, 0.3) is 24.3 Å². The molecule has 1 aliphatic rings. The first-order valence-corrected chi connectivity index (χ1v) is 16.2. The van der Waals surface area contributed by atoms with E-state index in [4.69, 9.17) is 9.47 Å². The van der Waals surface area contributed by atoms with E-state index in [9.17, 15) is 14.4 Å². The van der Waals surface area contributed by atoms with Gasteiger partial charge in [-0.25, -0.2) is 0 Å². The van der Waals surface area contributed by atoms with Crippen LogP contribution < -0.4 is 4.74 Å².